The second-order valence-electron chi connectivity index (χ2n) is 20.2. The number of ether oxygens (including phenoxy) is 1. The molecule has 0 bridgehead atoms. The van der Waals surface area contributed by atoms with Crippen molar-refractivity contribution in [2.45, 2.75) is 101 Å². The van der Waals surface area contributed by atoms with E-state index < -0.39 is 0 Å². The minimum Gasteiger partial charge on any atom is -0.493 e. The number of rotatable bonds is 6. The highest BCUT2D eigenvalue weighted by molar-refractivity contribution is 5.87. The monoisotopic (exact) mass is 848 g/mol. The Kier molecular flexibility index (Phi) is 8.96. The van der Waals surface area contributed by atoms with Crippen LogP contribution in [-0.2, 0) is 24.0 Å². The van der Waals surface area contributed by atoms with E-state index in [9.17, 15) is 0 Å². The molecule has 1 saturated carbocycles. The Balaban J connectivity index is 0.872. The fourth-order valence-electron chi connectivity index (χ4n) is 13.0. The molecule has 4 aromatic rings. The molecule has 3 aromatic carbocycles. The molecule has 2 N–H and O–H groups in total. The normalized spacial score (nSPS) is 28.9. The zero-order valence-electron chi connectivity index (χ0n) is 37.1. The predicted molar refractivity (Wildman–Crippen MR) is 266 cm³/mol. The van der Waals surface area contributed by atoms with Gasteiger partial charge in [0.2, 0.25) is 0 Å². The van der Waals surface area contributed by atoms with Crippen molar-refractivity contribution < 1.29 is 9.15 Å². The van der Waals surface area contributed by atoms with E-state index in [0.717, 1.165) is 82.0 Å². The average molecular weight is 849 g/mol. The maximum atomic E-state index is 6.60. The summed E-state index contributed by atoms with van der Waals surface area (Å²) in [6, 6.07) is 18.7. The summed E-state index contributed by atoms with van der Waals surface area (Å²) in [5, 5.41) is 9.47. The first kappa shape index (κ1) is 38.2. The molecular weight excluding hydrogens is 793 g/mol. The van der Waals surface area contributed by atoms with Crippen LogP contribution in [0.2, 0.25) is 0 Å². The molecule has 0 amide bonds. The number of nitrogens with one attached hydrogen (secondary N) is 2. The number of fused-ring (bicyclic) bond motifs is 9. The molecule has 4 heteroatoms. The van der Waals surface area contributed by atoms with Gasteiger partial charge in [-0.25, -0.2) is 0 Å². The van der Waals surface area contributed by atoms with Crippen LogP contribution in [-0.4, -0.2) is 18.3 Å². The lowest BCUT2D eigenvalue weighted by atomic mass is 9.79. The molecule has 10 aliphatic rings. The van der Waals surface area contributed by atoms with Gasteiger partial charge in [0.25, 0.3) is 0 Å². The summed E-state index contributed by atoms with van der Waals surface area (Å²) in [6.45, 7) is 0. The van der Waals surface area contributed by atoms with E-state index in [1.807, 2.05) is 0 Å². The summed E-state index contributed by atoms with van der Waals surface area (Å²) < 4.78 is 13.0. The molecule has 8 aliphatic carbocycles. The van der Waals surface area contributed by atoms with E-state index in [4.69, 9.17) is 9.15 Å². The molecule has 4 nitrogen and oxygen atoms in total. The fraction of sp³-hybridized carbons (Fsp3) is 0.311. The average Bonchev–Trinajstić information content (AvgIpc) is 3.97. The Bertz CT molecular complexity index is 3070. The number of hydrogen-bond donors (Lipinski definition) is 2. The number of furan rings is 1. The van der Waals surface area contributed by atoms with Gasteiger partial charge >= 0.3 is 0 Å². The standard InChI is InChI=1S/C61H56N2O2/c1-2-12-36(13-3-1)61-62-55(35-56(63-61)47-25-24-46(51-34-52(47)51)50-33-39-14-4-5-15-43(39)44-16-6-7-17-45(44)50)42-29-40(37-22-26-59-53(31-37)48-18-8-10-20-57(48)64-59)28-41(30-42)38-23-27-60-54(32-38)49-19-9-11-21-58(49)65-60/h2,5,7-10,12-13,15,17-20,22,24-26,28-30,32-33,35,37,51-52,54,56,60-63H,1,3-4,6,11,14,16,21,23,27,31,34H2. The Hall–Kier alpha value is -6.10. The largest absolute Gasteiger partial charge is 0.493 e. The van der Waals surface area contributed by atoms with Crippen LogP contribution in [0.15, 0.2) is 148 Å². The summed E-state index contributed by atoms with van der Waals surface area (Å²) in [6.07, 6.45) is 49.5. The highest BCUT2D eigenvalue weighted by Gasteiger charge is 2.47. The SMILES string of the molecule is C1=CC(C2NC(c3cc(C4=CC5C6=C(CCC=C6)OC5CC4)cc(C4C=Cc5oc6ccccc6c5C4)c3)=CC(C3=CC=C(c4cc5c(c6c4C=CCC6)C=CCC5)C4CC34)N2)=CCC1. The number of hydrogen-bond acceptors (Lipinski definition) is 4. The van der Waals surface area contributed by atoms with Crippen molar-refractivity contribution in [1.82, 2.24) is 10.6 Å². The highest BCUT2D eigenvalue weighted by Crippen LogP contribution is 2.57. The quantitative estimate of drug-likeness (QED) is 0.203. The molecule has 2 aliphatic heterocycles. The molecule has 1 aromatic heterocycles. The summed E-state index contributed by atoms with van der Waals surface area (Å²) in [5.41, 5.74) is 22.4. The molecular formula is C61H56N2O2. The van der Waals surface area contributed by atoms with Crippen molar-refractivity contribution >= 4 is 46.0 Å². The van der Waals surface area contributed by atoms with Crippen LogP contribution in [0.1, 0.15) is 120 Å². The Labute approximate surface area is 383 Å². The molecule has 7 atom stereocenters. The van der Waals surface area contributed by atoms with Gasteiger partial charge in [-0.05, 0) is 180 Å². The van der Waals surface area contributed by atoms with E-state index in [-0.39, 0.29) is 24.2 Å². The van der Waals surface area contributed by atoms with Crippen LogP contribution in [0.25, 0.3) is 46.0 Å². The highest BCUT2D eigenvalue weighted by atomic mass is 16.5. The number of allylic oxidation sites excluding steroid dienone is 12. The van der Waals surface area contributed by atoms with Gasteiger partial charge in [-0.3, -0.25) is 5.32 Å². The first-order chi connectivity index (χ1) is 32.2. The van der Waals surface area contributed by atoms with Crippen molar-refractivity contribution in [1.29, 1.82) is 0 Å². The van der Waals surface area contributed by atoms with Crippen molar-refractivity contribution in [3.8, 4) is 0 Å². The second-order valence-corrected chi connectivity index (χ2v) is 20.2. The van der Waals surface area contributed by atoms with Crippen LogP contribution < -0.4 is 10.6 Å². The molecule has 322 valence electrons. The molecule has 7 unspecified atom stereocenters. The second kappa shape index (κ2) is 15.2. The topological polar surface area (TPSA) is 46.4 Å². The van der Waals surface area contributed by atoms with Gasteiger partial charge < -0.3 is 14.5 Å². The Morgan fingerprint density at radius 3 is 2.54 bits per heavy atom. The summed E-state index contributed by atoms with van der Waals surface area (Å²) in [4.78, 5) is 0. The van der Waals surface area contributed by atoms with Crippen LogP contribution in [0.4, 0.5) is 0 Å². The van der Waals surface area contributed by atoms with Gasteiger partial charge in [-0.15, -0.1) is 0 Å². The maximum absolute atomic E-state index is 6.60. The van der Waals surface area contributed by atoms with Gasteiger partial charge in [0.15, 0.2) is 0 Å². The van der Waals surface area contributed by atoms with Gasteiger partial charge in [-0.1, -0.05) is 109 Å². The van der Waals surface area contributed by atoms with E-state index in [1.54, 1.807) is 16.7 Å². The molecule has 1 fully saturated rings. The van der Waals surface area contributed by atoms with E-state index in [1.165, 1.54) is 84.5 Å². The first-order valence-electron chi connectivity index (χ1n) is 24.8. The molecule has 65 heavy (non-hydrogen) atoms. The minimum absolute atomic E-state index is 0.0150. The molecule has 3 heterocycles. The third kappa shape index (κ3) is 6.50. The molecule has 0 spiro atoms. The van der Waals surface area contributed by atoms with E-state index in [0.29, 0.717) is 17.8 Å². The smallest absolute Gasteiger partial charge is 0.135 e. The Morgan fingerprint density at radius 2 is 1.58 bits per heavy atom. The lowest BCUT2D eigenvalue weighted by Gasteiger charge is -2.36. The molecule has 14 rings (SSSR count). The van der Waals surface area contributed by atoms with Crippen LogP contribution >= 0.6 is 0 Å². The van der Waals surface area contributed by atoms with Gasteiger partial charge in [0.05, 0.1) is 6.04 Å². The minimum atomic E-state index is 0.0150. The zero-order valence-corrected chi connectivity index (χ0v) is 37.1. The van der Waals surface area contributed by atoms with Crippen molar-refractivity contribution in [2.75, 3.05) is 0 Å². The number of benzene rings is 3. The lowest BCUT2D eigenvalue weighted by molar-refractivity contribution is 0.109. The van der Waals surface area contributed by atoms with Gasteiger partial charge in [0.1, 0.15) is 29.4 Å². The van der Waals surface area contributed by atoms with Crippen molar-refractivity contribution in [3.05, 3.63) is 200 Å². The third-order valence-corrected chi connectivity index (χ3v) is 16.4. The maximum Gasteiger partial charge on any atom is 0.135 e. The number of aryl methyl sites for hydroxylation is 1. The summed E-state index contributed by atoms with van der Waals surface area (Å²) in [5.74, 6) is 3.91. The van der Waals surface area contributed by atoms with E-state index >= 15 is 0 Å². The van der Waals surface area contributed by atoms with E-state index in [2.05, 4.69) is 150 Å². The first-order valence-corrected chi connectivity index (χ1v) is 24.8. The predicted octanol–water partition coefficient (Wildman–Crippen LogP) is 13.7. The van der Waals surface area contributed by atoms with Gasteiger partial charge in [-0.2, -0.15) is 0 Å². The molecule has 0 radical (unpaired) electrons. The van der Waals surface area contributed by atoms with Crippen LogP contribution in [0, 0.1) is 17.8 Å². The van der Waals surface area contributed by atoms with Crippen LogP contribution in [0.3, 0.4) is 0 Å². The van der Waals surface area contributed by atoms with Crippen LogP contribution in [0.5, 0.6) is 0 Å². The number of para-hydroxylation sites is 1. The van der Waals surface area contributed by atoms with Gasteiger partial charge in [0, 0.05) is 40.5 Å². The Morgan fingerprint density at radius 1 is 0.708 bits per heavy atom. The van der Waals surface area contributed by atoms with Crippen molar-refractivity contribution in [3.63, 3.8) is 0 Å². The third-order valence-electron chi connectivity index (χ3n) is 16.4. The lowest BCUT2D eigenvalue weighted by Crippen LogP contribution is -2.52. The fourth-order valence-corrected chi connectivity index (χ4v) is 13.0. The molecule has 0 saturated heterocycles. The zero-order chi connectivity index (χ0) is 42.6. The van der Waals surface area contributed by atoms with Crippen molar-refractivity contribution in [2.24, 2.45) is 17.8 Å². The summed E-state index contributed by atoms with van der Waals surface area (Å²) in [7, 11) is 0. The summed E-state index contributed by atoms with van der Waals surface area (Å²) >= 11 is 0.